The van der Waals surface area contributed by atoms with E-state index in [-0.39, 0.29) is 5.91 Å². The standard InChI is InChI=1S/C13H20N2OS/c1-9(10-4-2-3-5-10)15-7-12-6-11(8-17-12)13(14)16/h6,8-10,15H,2-5,7H2,1H3,(H2,14,16). The molecule has 2 rings (SSSR count). The molecule has 0 saturated heterocycles. The maximum Gasteiger partial charge on any atom is 0.249 e. The third kappa shape index (κ3) is 3.30. The summed E-state index contributed by atoms with van der Waals surface area (Å²) >= 11 is 1.60. The van der Waals surface area contributed by atoms with Gasteiger partial charge in [0.15, 0.2) is 0 Å². The lowest BCUT2D eigenvalue weighted by Gasteiger charge is -2.19. The van der Waals surface area contributed by atoms with Gasteiger partial charge in [-0.3, -0.25) is 4.79 Å². The van der Waals surface area contributed by atoms with Crippen LogP contribution in [-0.4, -0.2) is 11.9 Å². The van der Waals surface area contributed by atoms with Crippen molar-refractivity contribution < 1.29 is 4.79 Å². The van der Waals surface area contributed by atoms with E-state index in [1.54, 1.807) is 11.3 Å². The summed E-state index contributed by atoms with van der Waals surface area (Å²) in [6.07, 6.45) is 5.46. The highest BCUT2D eigenvalue weighted by molar-refractivity contribution is 7.10. The molecule has 0 aromatic carbocycles. The van der Waals surface area contributed by atoms with Crippen LogP contribution in [0, 0.1) is 5.92 Å². The van der Waals surface area contributed by atoms with E-state index >= 15 is 0 Å². The number of carbonyl (C=O) groups excluding carboxylic acids is 1. The minimum atomic E-state index is -0.337. The monoisotopic (exact) mass is 252 g/mol. The predicted octanol–water partition coefficient (Wildman–Crippen LogP) is 2.52. The number of nitrogens with one attached hydrogen (secondary N) is 1. The van der Waals surface area contributed by atoms with E-state index < -0.39 is 0 Å². The van der Waals surface area contributed by atoms with Gasteiger partial charge in [-0.05, 0) is 31.7 Å². The fourth-order valence-corrected chi connectivity index (χ4v) is 3.31. The fraction of sp³-hybridized carbons (Fsp3) is 0.615. The topological polar surface area (TPSA) is 55.1 Å². The molecule has 0 aliphatic heterocycles. The molecule has 1 amide bonds. The molecule has 0 radical (unpaired) electrons. The fourth-order valence-electron chi connectivity index (χ4n) is 2.49. The van der Waals surface area contributed by atoms with Crippen molar-refractivity contribution in [3.63, 3.8) is 0 Å². The minimum absolute atomic E-state index is 0.337. The quantitative estimate of drug-likeness (QED) is 0.846. The summed E-state index contributed by atoms with van der Waals surface area (Å²) in [7, 11) is 0. The Bertz CT molecular complexity index is 383. The van der Waals surface area contributed by atoms with Gasteiger partial charge >= 0.3 is 0 Å². The van der Waals surface area contributed by atoms with Gasteiger partial charge < -0.3 is 11.1 Å². The van der Waals surface area contributed by atoms with Gasteiger partial charge in [0.1, 0.15) is 0 Å². The van der Waals surface area contributed by atoms with Crippen molar-refractivity contribution in [2.45, 2.75) is 45.2 Å². The highest BCUT2D eigenvalue weighted by atomic mass is 32.1. The van der Waals surface area contributed by atoms with E-state index in [0.29, 0.717) is 11.6 Å². The SMILES string of the molecule is CC(NCc1cc(C(N)=O)cs1)C1CCCC1. The summed E-state index contributed by atoms with van der Waals surface area (Å²) in [5, 5.41) is 5.38. The van der Waals surface area contributed by atoms with Gasteiger partial charge in [0.2, 0.25) is 5.91 Å². The molecule has 1 unspecified atom stereocenters. The molecule has 3 N–H and O–H groups in total. The first-order valence-electron chi connectivity index (χ1n) is 6.27. The Morgan fingerprint density at radius 2 is 2.29 bits per heavy atom. The zero-order valence-electron chi connectivity index (χ0n) is 10.2. The maximum absolute atomic E-state index is 11.0. The first kappa shape index (κ1) is 12.6. The zero-order valence-corrected chi connectivity index (χ0v) is 11.1. The molecule has 3 nitrogen and oxygen atoms in total. The van der Waals surface area contributed by atoms with Crippen molar-refractivity contribution in [3.8, 4) is 0 Å². The van der Waals surface area contributed by atoms with E-state index in [1.807, 2.05) is 11.4 Å². The first-order valence-corrected chi connectivity index (χ1v) is 7.15. The van der Waals surface area contributed by atoms with Gasteiger partial charge in [0.05, 0.1) is 5.56 Å². The molecule has 4 heteroatoms. The van der Waals surface area contributed by atoms with Crippen LogP contribution >= 0.6 is 11.3 Å². The lowest BCUT2D eigenvalue weighted by Crippen LogP contribution is -2.31. The Balaban J connectivity index is 1.82. The third-order valence-corrected chi connectivity index (χ3v) is 4.58. The molecule has 1 aliphatic carbocycles. The molecule has 1 aliphatic rings. The molecular weight excluding hydrogens is 232 g/mol. The van der Waals surface area contributed by atoms with Crippen molar-refractivity contribution in [2.75, 3.05) is 0 Å². The largest absolute Gasteiger partial charge is 0.366 e. The second-order valence-corrected chi connectivity index (χ2v) is 5.88. The molecule has 1 fully saturated rings. The van der Waals surface area contributed by atoms with Gasteiger partial charge in [0.25, 0.3) is 0 Å². The summed E-state index contributed by atoms with van der Waals surface area (Å²) in [6, 6.07) is 2.46. The van der Waals surface area contributed by atoms with Gasteiger partial charge in [-0.25, -0.2) is 0 Å². The van der Waals surface area contributed by atoms with E-state index in [0.717, 1.165) is 12.5 Å². The van der Waals surface area contributed by atoms with E-state index in [4.69, 9.17) is 5.73 Å². The van der Waals surface area contributed by atoms with Gasteiger partial charge in [-0.1, -0.05) is 12.8 Å². The Morgan fingerprint density at radius 3 is 2.88 bits per heavy atom. The second kappa shape index (κ2) is 5.65. The van der Waals surface area contributed by atoms with Crippen LogP contribution in [0.25, 0.3) is 0 Å². The molecule has 17 heavy (non-hydrogen) atoms. The molecule has 0 bridgehead atoms. The Morgan fingerprint density at radius 1 is 1.59 bits per heavy atom. The average Bonchev–Trinajstić information content (AvgIpc) is 2.97. The number of primary amides is 1. The van der Waals surface area contributed by atoms with Gasteiger partial charge in [0, 0.05) is 22.8 Å². The molecule has 1 aromatic rings. The molecular formula is C13H20N2OS. The summed E-state index contributed by atoms with van der Waals surface area (Å²) in [6.45, 7) is 3.11. The number of carbonyl (C=O) groups is 1. The smallest absolute Gasteiger partial charge is 0.249 e. The Labute approximate surface area is 106 Å². The number of rotatable bonds is 5. The molecule has 94 valence electrons. The maximum atomic E-state index is 11.0. The average molecular weight is 252 g/mol. The van der Waals surface area contributed by atoms with Crippen LogP contribution < -0.4 is 11.1 Å². The first-order chi connectivity index (χ1) is 8.16. The Kier molecular flexibility index (Phi) is 4.18. The summed E-state index contributed by atoms with van der Waals surface area (Å²) < 4.78 is 0. The second-order valence-electron chi connectivity index (χ2n) is 4.88. The van der Waals surface area contributed by atoms with Crippen LogP contribution in [0.3, 0.4) is 0 Å². The van der Waals surface area contributed by atoms with Crippen molar-refractivity contribution in [1.82, 2.24) is 5.32 Å². The summed E-state index contributed by atoms with van der Waals surface area (Å²) in [5.74, 6) is 0.488. The number of thiophene rings is 1. The Hall–Kier alpha value is -0.870. The van der Waals surface area contributed by atoms with Crippen LogP contribution in [0.5, 0.6) is 0 Å². The van der Waals surface area contributed by atoms with Gasteiger partial charge in [-0.2, -0.15) is 0 Å². The van der Waals surface area contributed by atoms with Crippen LogP contribution in [0.15, 0.2) is 11.4 Å². The number of amides is 1. The van der Waals surface area contributed by atoms with Gasteiger partial charge in [-0.15, -0.1) is 11.3 Å². The number of nitrogens with two attached hydrogens (primary N) is 1. The zero-order chi connectivity index (χ0) is 12.3. The van der Waals surface area contributed by atoms with Crippen LogP contribution in [-0.2, 0) is 6.54 Å². The number of hydrogen-bond donors (Lipinski definition) is 2. The lowest BCUT2D eigenvalue weighted by atomic mass is 10.00. The summed E-state index contributed by atoms with van der Waals surface area (Å²) in [4.78, 5) is 12.2. The van der Waals surface area contributed by atoms with E-state index in [2.05, 4.69) is 12.2 Å². The van der Waals surface area contributed by atoms with Crippen molar-refractivity contribution in [1.29, 1.82) is 0 Å². The predicted molar refractivity (Wildman–Crippen MR) is 71.1 cm³/mol. The molecule has 1 atom stereocenters. The normalized spacial score (nSPS) is 18.4. The third-order valence-electron chi connectivity index (χ3n) is 3.64. The van der Waals surface area contributed by atoms with Crippen LogP contribution in [0.2, 0.25) is 0 Å². The lowest BCUT2D eigenvalue weighted by molar-refractivity contribution is 0.100. The van der Waals surface area contributed by atoms with Crippen molar-refractivity contribution in [3.05, 3.63) is 21.9 Å². The molecule has 1 heterocycles. The van der Waals surface area contributed by atoms with E-state index in [1.165, 1.54) is 30.6 Å². The van der Waals surface area contributed by atoms with Crippen molar-refractivity contribution in [2.24, 2.45) is 11.7 Å². The van der Waals surface area contributed by atoms with Crippen LogP contribution in [0.4, 0.5) is 0 Å². The number of hydrogen-bond acceptors (Lipinski definition) is 3. The molecule has 1 saturated carbocycles. The minimum Gasteiger partial charge on any atom is -0.366 e. The highest BCUT2D eigenvalue weighted by Gasteiger charge is 2.21. The van der Waals surface area contributed by atoms with Crippen LogP contribution in [0.1, 0.15) is 47.8 Å². The summed E-state index contributed by atoms with van der Waals surface area (Å²) in [5.41, 5.74) is 5.86. The van der Waals surface area contributed by atoms with Crippen molar-refractivity contribution >= 4 is 17.2 Å². The highest BCUT2D eigenvalue weighted by Crippen LogP contribution is 2.27. The molecule has 0 spiro atoms. The molecule has 1 aromatic heterocycles. The van der Waals surface area contributed by atoms with E-state index in [9.17, 15) is 4.79 Å².